The number of benzene rings is 2. The SMILES string of the molecule is O=C(O)CNC(=O)C(c1ccc(SCc2ccc3ccccc3n2)cc1)C1CCCC1. The van der Waals surface area contributed by atoms with Crippen molar-refractivity contribution in [1.29, 1.82) is 0 Å². The summed E-state index contributed by atoms with van der Waals surface area (Å²) in [6.45, 7) is -0.339. The van der Waals surface area contributed by atoms with Gasteiger partial charge in [-0.2, -0.15) is 0 Å². The first-order valence-electron chi connectivity index (χ1n) is 10.7. The number of thioether (sulfide) groups is 1. The first-order valence-corrected chi connectivity index (χ1v) is 11.7. The molecule has 0 spiro atoms. The molecule has 0 radical (unpaired) electrons. The Labute approximate surface area is 186 Å². The molecule has 160 valence electrons. The maximum Gasteiger partial charge on any atom is 0.322 e. The summed E-state index contributed by atoms with van der Waals surface area (Å²) in [6, 6.07) is 20.4. The molecule has 0 saturated heterocycles. The van der Waals surface area contributed by atoms with Crippen LogP contribution in [0.25, 0.3) is 10.9 Å². The van der Waals surface area contributed by atoms with Gasteiger partial charge in [-0.05, 0) is 48.6 Å². The summed E-state index contributed by atoms with van der Waals surface area (Å²) in [7, 11) is 0. The molecule has 1 fully saturated rings. The van der Waals surface area contributed by atoms with Crippen molar-refractivity contribution in [3.8, 4) is 0 Å². The minimum absolute atomic E-state index is 0.185. The average Bonchev–Trinajstić information content (AvgIpc) is 3.31. The van der Waals surface area contributed by atoms with Crippen molar-refractivity contribution in [3.05, 3.63) is 71.9 Å². The van der Waals surface area contributed by atoms with Crippen molar-refractivity contribution >= 4 is 34.5 Å². The molecule has 1 aliphatic rings. The number of para-hydroxylation sites is 1. The van der Waals surface area contributed by atoms with E-state index in [0.717, 1.165) is 58.5 Å². The highest BCUT2D eigenvalue weighted by Crippen LogP contribution is 2.38. The number of fused-ring (bicyclic) bond motifs is 1. The van der Waals surface area contributed by atoms with Gasteiger partial charge in [-0.25, -0.2) is 0 Å². The molecule has 1 amide bonds. The highest BCUT2D eigenvalue weighted by molar-refractivity contribution is 7.98. The lowest BCUT2D eigenvalue weighted by molar-refractivity contribution is -0.138. The fourth-order valence-electron chi connectivity index (χ4n) is 4.32. The number of aliphatic carboxylic acids is 1. The lowest BCUT2D eigenvalue weighted by atomic mass is 9.84. The minimum atomic E-state index is -1.02. The summed E-state index contributed by atoms with van der Waals surface area (Å²) in [5, 5.41) is 12.6. The van der Waals surface area contributed by atoms with Crippen LogP contribution >= 0.6 is 11.8 Å². The normalized spacial score (nSPS) is 15.1. The summed E-state index contributed by atoms with van der Waals surface area (Å²) >= 11 is 1.72. The van der Waals surface area contributed by atoms with Crippen LogP contribution in [0.1, 0.15) is 42.9 Å². The highest BCUT2D eigenvalue weighted by atomic mass is 32.2. The third-order valence-corrected chi connectivity index (χ3v) is 6.90. The lowest BCUT2D eigenvalue weighted by Crippen LogP contribution is -2.36. The van der Waals surface area contributed by atoms with E-state index in [1.54, 1.807) is 11.8 Å². The zero-order valence-electron chi connectivity index (χ0n) is 17.3. The van der Waals surface area contributed by atoms with Crippen LogP contribution in [0.3, 0.4) is 0 Å². The second kappa shape index (κ2) is 9.96. The minimum Gasteiger partial charge on any atom is -0.480 e. The number of pyridine rings is 1. The molecule has 1 aliphatic carbocycles. The Kier molecular flexibility index (Phi) is 6.87. The number of carbonyl (C=O) groups is 2. The summed E-state index contributed by atoms with van der Waals surface area (Å²) in [4.78, 5) is 29.5. The number of nitrogens with zero attached hydrogens (tertiary/aromatic N) is 1. The van der Waals surface area contributed by atoms with Gasteiger partial charge >= 0.3 is 5.97 Å². The van der Waals surface area contributed by atoms with Gasteiger partial charge in [0.2, 0.25) is 5.91 Å². The van der Waals surface area contributed by atoms with Crippen LogP contribution in [-0.4, -0.2) is 28.5 Å². The number of rotatable bonds is 8. The van der Waals surface area contributed by atoms with Gasteiger partial charge in [0.25, 0.3) is 0 Å². The number of hydrogen-bond acceptors (Lipinski definition) is 4. The molecular formula is C25H26N2O3S. The van der Waals surface area contributed by atoms with Gasteiger partial charge in [-0.3, -0.25) is 14.6 Å². The highest BCUT2D eigenvalue weighted by Gasteiger charge is 2.32. The van der Waals surface area contributed by atoms with E-state index in [1.165, 1.54) is 0 Å². The monoisotopic (exact) mass is 434 g/mol. The van der Waals surface area contributed by atoms with Crippen LogP contribution in [0, 0.1) is 5.92 Å². The van der Waals surface area contributed by atoms with E-state index in [2.05, 4.69) is 23.5 Å². The van der Waals surface area contributed by atoms with Gasteiger partial charge in [-0.15, -0.1) is 11.8 Å². The smallest absolute Gasteiger partial charge is 0.322 e. The number of nitrogens with one attached hydrogen (secondary N) is 1. The maximum atomic E-state index is 12.7. The van der Waals surface area contributed by atoms with Gasteiger partial charge in [0, 0.05) is 16.0 Å². The van der Waals surface area contributed by atoms with Gasteiger partial charge in [0.1, 0.15) is 6.54 Å². The molecule has 5 nitrogen and oxygen atoms in total. The molecule has 4 rings (SSSR count). The molecule has 31 heavy (non-hydrogen) atoms. The Hall–Kier alpha value is -2.86. The molecule has 6 heteroatoms. The Morgan fingerprint density at radius 1 is 1.03 bits per heavy atom. The Balaban J connectivity index is 1.44. The van der Waals surface area contributed by atoms with Crippen molar-refractivity contribution < 1.29 is 14.7 Å². The van der Waals surface area contributed by atoms with Crippen molar-refractivity contribution in [2.24, 2.45) is 5.92 Å². The van der Waals surface area contributed by atoms with Crippen LogP contribution in [0.2, 0.25) is 0 Å². The number of carbonyl (C=O) groups excluding carboxylic acids is 1. The van der Waals surface area contributed by atoms with Crippen LogP contribution in [0.15, 0.2) is 65.6 Å². The fourth-order valence-corrected chi connectivity index (χ4v) is 5.12. The third kappa shape index (κ3) is 5.44. The third-order valence-electron chi connectivity index (χ3n) is 5.85. The molecule has 1 unspecified atom stereocenters. The molecular weight excluding hydrogens is 408 g/mol. The Morgan fingerprint density at radius 3 is 2.52 bits per heavy atom. The van der Waals surface area contributed by atoms with Gasteiger partial charge in [0.15, 0.2) is 0 Å². The molecule has 1 atom stereocenters. The molecule has 1 aromatic heterocycles. The standard InChI is InChI=1S/C25H26N2O3S/c28-23(29)15-26-25(30)24(18-6-1-2-7-18)19-10-13-21(14-11-19)31-16-20-12-9-17-5-3-4-8-22(17)27-20/h3-5,8-14,18,24H,1-2,6-7,15-16H2,(H,26,30)(H,28,29). The number of carboxylic acids is 1. The average molecular weight is 435 g/mol. The zero-order chi connectivity index (χ0) is 21.6. The first-order chi connectivity index (χ1) is 15.1. The largest absolute Gasteiger partial charge is 0.480 e. The molecule has 0 aliphatic heterocycles. The maximum absolute atomic E-state index is 12.7. The Bertz CT molecular complexity index is 1060. The summed E-state index contributed by atoms with van der Waals surface area (Å²) in [6.07, 6.45) is 4.27. The summed E-state index contributed by atoms with van der Waals surface area (Å²) in [5.74, 6) is -0.449. The summed E-state index contributed by atoms with van der Waals surface area (Å²) < 4.78 is 0. The molecule has 3 aromatic rings. The second-order valence-electron chi connectivity index (χ2n) is 7.99. The number of aromatic nitrogens is 1. The number of amides is 1. The van der Waals surface area contributed by atoms with Crippen molar-refractivity contribution in [2.45, 2.75) is 42.2 Å². The molecule has 0 bridgehead atoms. The molecule has 2 N–H and O–H groups in total. The van der Waals surface area contributed by atoms with Crippen LogP contribution in [-0.2, 0) is 15.3 Å². The second-order valence-corrected chi connectivity index (χ2v) is 9.04. The van der Waals surface area contributed by atoms with Gasteiger partial charge < -0.3 is 10.4 Å². The number of hydrogen-bond donors (Lipinski definition) is 2. The quantitative estimate of drug-likeness (QED) is 0.488. The fraction of sp³-hybridized carbons (Fsp3) is 0.320. The van der Waals surface area contributed by atoms with E-state index in [1.807, 2.05) is 42.5 Å². The van der Waals surface area contributed by atoms with Crippen molar-refractivity contribution in [1.82, 2.24) is 10.3 Å². The zero-order valence-corrected chi connectivity index (χ0v) is 18.1. The van der Waals surface area contributed by atoms with E-state index < -0.39 is 5.97 Å². The van der Waals surface area contributed by atoms with E-state index in [4.69, 9.17) is 10.1 Å². The van der Waals surface area contributed by atoms with Crippen molar-refractivity contribution in [2.75, 3.05) is 6.54 Å². The van der Waals surface area contributed by atoms with E-state index >= 15 is 0 Å². The number of carboxylic acid groups (broad SMARTS) is 1. The predicted molar refractivity (Wildman–Crippen MR) is 123 cm³/mol. The lowest BCUT2D eigenvalue weighted by Gasteiger charge is -2.23. The topological polar surface area (TPSA) is 79.3 Å². The molecule has 1 saturated carbocycles. The van der Waals surface area contributed by atoms with Crippen molar-refractivity contribution in [3.63, 3.8) is 0 Å². The predicted octanol–water partition coefficient (Wildman–Crippen LogP) is 5.00. The molecule has 2 aromatic carbocycles. The van der Waals surface area contributed by atoms with E-state index in [0.29, 0.717) is 0 Å². The van der Waals surface area contributed by atoms with Crippen LogP contribution in [0.4, 0.5) is 0 Å². The van der Waals surface area contributed by atoms with Gasteiger partial charge in [-0.1, -0.05) is 49.2 Å². The van der Waals surface area contributed by atoms with E-state index in [9.17, 15) is 9.59 Å². The molecule has 1 heterocycles. The van der Waals surface area contributed by atoms with E-state index in [-0.39, 0.29) is 24.3 Å². The first kappa shape index (κ1) is 21.4. The summed E-state index contributed by atoms with van der Waals surface area (Å²) in [5.41, 5.74) is 3.00. The van der Waals surface area contributed by atoms with Gasteiger partial charge in [0.05, 0.1) is 17.1 Å². The van der Waals surface area contributed by atoms with Crippen LogP contribution in [0.5, 0.6) is 0 Å². The van der Waals surface area contributed by atoms with Crippen LogP contribution < -0.4 is 5.32 Å². The Morgan fingerprint density at radius 2 is 1.77 bits per heavy atom.